The van der Waals surface area contributed by atoms with Crippen LogP contribution in [0.5, 0.6) is 0 Å². The van der Waals surface area contributed by atoms with Gasteiger partial charge in [-0.3, -0.25) is 9.78 Å². The van der Waals surface area contributed by atoms with Gasteiger partial charge in [-0.2, -0.15) is 0 Å². The first-order chi connectivity index (χ1) is 9.63. The summed E-state index contributed by atoms with van der Waals surface area (Å²) in [5, 5.41) is 2.80. The molecular formula is C15H12N2O3. The van der Waals surface area contributed by atoms with Crippen molar-refractivity contribution in [1.29, 1.82) is 0 Å². The molecule has 1 heterocycles. The summed E-state index contributed by atoms with van der Waals surface area (Å²) in [6.07, 6.45) is 0. The van der Waals surface area contributed by atoms with E-state index in [1.54, 1.807) is 24.3 Å². The second kappa shape index (κ2) is 4.70. The summed E-state index contributed by atoms with van der Waals surface area (Å²) in [7, 11) is 0. The molecular weight excluding hydrogens is 256 g/mol. The van der Waals surface area contributed by atoms with Crippen molar-refractivity contribution in [2.24, 2.45) is 0 Å². The Morgan fingerprint density at radius 1 is 1.20 bits per heavy atom. The van der Waals surface area contributed by atoms with Crippen molar-refractivity contribution in [3.63, 3.8) is 0 Å². The van der Waals surface area contributed by atoms with Crippen LogP contribution in [-0.4, -0.2) is 10.9 Å². The van der Waals surface area contributed by atoms with Gasteiger partial charge in [0.25, 0.3) is 5.91 Å². The number of oxazole rings is 1. The number of hydrogen-bond acceptors (Lipinski definition) is 3. The van der Waals surface area contributed by atoms with Crippen molar-refractivity contribution < 1.29 is 9.21 Å². The molecule has 0 fully saturated rings. The standard InChI is InChI=1S/C15H12N2O3/c1-9-4-2-3-5-11(9)14(18)16-10-6-7-13-12(8-10)17-15(19)20-13/h2-8H,1H3,(H,16,18)(H,17,19). The predicted octanol–water partition coefficient (Wildman–Crippen LogP) is 2.68. The zero-order chi connectivity index (χ0) is 14.1. The van der Waals surface area contributed by atoms with Crippen LogP contribution < -0.4 is 11.1 Å². The molecule has 2 N–H and O–H groups in total. The second-order valence-corrected chi connectivity index (χ2v) is 4.49. The maximum Gasteiger partial charge on any atom is 0.417 e. The number of benzene rings is 2. The summed E-state index contributed by atoms with van der Waals surface area (Å²) in [6, 6.07) is 12.3. The Morgan fingerprint density at radius 3 is 2.80 bits per heavy atom. The fraction of sp³-hybridized carbons (Fsp3) is 0.0667. The van der Waals surface area contributed by atoms with Crippen LogP contribution in [0.15, 0.2) is 51.7 Å². The van der Waals surface area contributed by atoms with Gasteiger partial charge in [-0.25, -0.2) is 4.79 Å². The van der Waals surface area contributed by atoms with Crippen LogP contribution in [0.4, 0.5) is 5.69 Å². The fourth-order valence-corrected chi connectivity index (χ4v) is 2.06. The van der Waals surface area contributed by atoms with Crippen LogP contribution >= 0.6 is 0 Å². The third-order valence-corrected chi connectivity index (χ3v) is 3.07. The highest BCUT2D eigenvalue weighted by Gasteiger charge is 2.09. The molecule has 3 aromatic rings. The van der Waals surface area contributed by atoms with E-state index in [1.807, 2.05) is 25.1 Å². The second-order valence-electron chi connectivity index (χ2n) is 4.49. The highest BCUT2D eigenvalue weighted by molar-refractivity contribution is 6.05. The fourth-order valence-electron chi connectivity index (χ4n) is 2.06. The SMILES string of the molecule is Cc1ccccc1C(=O)Nc1ccc2oc(=O)[nH]c2c1. The maximum atomic E-state index is 12.2. The number of carbonyl (C=O) groups excluding carboxylic acids is 1. The quantitative estimate of drug-likeness (QED) is 0.750. The molecule has 0 radical (unpaired) electrons. The minimum atomic E-state index is -0.512. The number of hydrogen-bond donors (Lipinski definition) is 2. The summed E-state index contributed by atoms with van der Waals surface area (Å²) in [5.41, 5.74) is 3.14. The molecule has 0 spiro atoms. The van der Waals surface area contributed by atoms with Crippen molar-refractivity contribution in [2.45, 2.75) is 6.92 Å². The first-order valence-corrected chi connectivity index (χ1v) is 6.13. The van der Waals surface area contributed by atoms with E-state index in [4.69, 9.17) is 4.42 Å². The van der Waals surface area contributed by atoms with Gasteiger partial charge in [0.05, 0.1) is 5.52 Å². The van der Waals surface area contributed by atoms with E-state index >= 15 is 0 Å². The molecule has 20 heavy (non-hydrogen) atoms. The average Bonchev–Trinajstić information content (AvgIpc) is 2.78. The van der Waals surface area contributed by atoms with Gasteiger partial charge in [-0.15, -0.1) is 0 Å². The summed E-state index contributed by atoms with van der Waals surface area (Å²) >= 11 is 0. The van der Waals surface area contributed by atoms with Crippen molar-refractivity contribution in [2.75, 3.05) is 5.32 Å². The monoisotopic (exact) mass is 268 g/mol. The minimum absolute atomic E-state index is 0.187. The molecule has 0 aliphatic carbocycles. The molecule has 5 heteroatoms. The smallest absolute Gasteiger partial charge is 0.408 e. The van der Waals surface area contributed by atoms with E-state index in [2.05, 4.69) is 10.3 Å². The molecule has 0 saturated carbocycles. The number of carbonyl (C=O) groups is 1. The molecule has 1 amide bonds. The Hall–Kier alpha value is -2.82. The lowest BCUT2D eigenvalue weighted by Crippen LogP contribution is -2.13. The molecule has 100 valence electrons. The van der Waals surface area contributed by atoms with E-state index < -0.39 is 5.76 Å². The Bertz CT molecular complexity index is 845. The van der Waals surface area contributed by atoms with Crippen molar-refractivity contribution in [1.82, 2.24) is 4.98 Å². The van der Waals surface area contributed by atoms with Crippen molar-refractivity contribution in [3.8, 4) is 0 Å². The number of aryl methyl sites for hydroxylation is 1. The van der Waals surface area contributed by atoms with Gasteiger partial charge in [-0.05, 0) is 36.8 Å². The van der Waals surface area contributed by atoms with Crippen LogP contribution in [-0.2, 0) is 0 Å². The van der Waals surface area contributed by atoms with Gasteiger partial charge in [0.1, 0.15) is 0 Å². The Kier molecular flexibility index (Phi) is 2.87. The molecule has 5 nitrogen and oxygen atoms in total. The number of aromatic nitrogens is 1. The Morgan fingerprint density at radius 2 is 2.00 bits per heavy atom. The summed E-state index contributed by atoms with van der Waals surface area (Å²) in [5.74, 6) is -0.698. The zero-order valence-corrected chi connectivity index (χ0v) is 10.8. The molecule has 0 bridgehead atoms. The number of fused-ring (bicyclic) bond motifs is 1. The molecule has 3 rings (SSSR count). The Labute approximate surface area is 114 Å². The van der Waals surface area contributed by atoms with Crippen LogP contribution in [0.25, 0.3) is 11.1 Å². The van der Waals surface area contributed by atoms with E-state index in [-0.39, 0.29) is 5.91 Å². The van der Waals surface area contributed by atoms with Crippen molar-refractivity contribution >= 4 is 22.7 Å². The number of anilines is 1. The predicted molar refractivity (Wildman–Crippen MR) is 76.0 cm³/mol. The lowest BCUT2D eigenvalue weighted by atomic mass is 10.1. The summed E-state index contributed by atoms with van der Waals surface area (Å²) in [6.45, 7) is 1.88. The zero-order valence-electron chi connectivity index (χ0n) is 10.8. The lowest BCUT2D eigenvalue weighted by Gasteiger charge is -2.07. The molecule has 2 aromatic carbocycles. The maximum absolute atomic E-state index is 12.2. The number of rotatable bonds is 2. The highest BCUT2D eigenvalue weighted by atomic mass is 16.4. The van der Waals surface area contributed by atoms with E-state index in [1.165, 1.54) is 0 Å². The van der Waals surface area contributed by atoms with E-state index in [9.17, 15) is 9.59 Å². The summed E-state index contributed by atoms with van der Waals surface area (Å²) in [4.78, 5) is 25.8. The first-order valence-electron chi connectivity index (χ1n) is 6.13. The summed E-state index contributed by atoms with van der Waals surface area (Å²) < 4.78 is 4.91. The number of aromatic amines is 1. The number of nitrogens with one attached hydrogen (secondary N) is 2. The number of H-pyrrole nitrogens is 1. The van der Waals surface area contributed by atoms with E-state index in [0.29, 0.717) is 22.4 Å². The van der Waals surface area contributed by atoms with Gasteiger partial charge in [-0.1, -0.05) is 18.2 Å². The van der Waals surface area contributed by atoms with Gasteiger partial charge in [0, 0.05) is 11.3 Å². The third-order valence-electron chi connectivity index (χ3n) is 3.07. The van der Waals surface area contributed by atoms with Crippen LogP contribution in [0.1, 0.15) is 15.9 Å². The molecule has 0 unspecified atom stereocenters. The Balaban J connectivity index is 1.91. The van der Waals surface area contributed by atoms with Crippen LogP contribution in [0.2, 0.25) is 0 Å². The average molecular weight is 268 g/mol. The van der Waals surface area contributed by atoms with Gasteiger partial charge in [0.15, 0.2) is 5.58 Å². The van der Waals surface area contributed by atoms with E-state index in [0.717, 1.165) is 5.56 Å². The van der Waals surface area contributed by atoms with Gasteiger partial charge in [0.2, 0.25) is 0 Å². The molecule has 1 aromatic heterocycles. The van der Waals surface area contributed by atoms with Crippen LogP contribution in [0, 0.1) is 6.92 Å². The minimum Gasteiger partial charge on any atom is -0.408 e. The van der Waals surface area contributed by atoms with Crippen LogP contribution in [0.3, 0.4) is 0 Å². The number of amides is 1. The molecule has 0 atom stereocenters. The topological polar surface area (TPSA) is 75.1 Å². The molecule has 0 aliphatic rings. The largest absolute Gasteiger partial charge is 0.417 e. The lowest BCUT2D eigenvalue weighted by molar-refractivity contribution is 0.102. The molecule has 0 saturated heterocycles. The third kappa shape index (κ3) is 2.21. The van der Waals surface area contributed by atoms with Gasteiger partial charge >= 0.3 is 5.76 Å². The highest BCUT2D eigenvalue weighted by Crippen LogP contribution is 2.17. The normalized spacial score (nSPS) is 10.7. The van der Waals surface area contributed by atoms with Crippen molar-refractivity contribution in [3.05, 3.63) is 64.1 Å². The molecule has 0 aliphatic heterocycles. The first kappa shape index (κ1) is 12.2. The van der Waals surface area contributed by atoms with Gasteiger partial charge < -0.3 is 9.73 Å².